The van der Waals surface area contributed by atoms with Gasteiger partial charge in [-0.1, -0.05) is 50.2 Å². The number of rotatable bonds is 7. The van der Waals surface area contributed by atoms with Crippen LogP contribution in [-0.2, 0) is 4.74 Å². The maximum Gasteiger partial charge on any atom is 0.0665 e. The van der Waals surface area contributed by atoms with Gasteiger partial charge in [0.1, 0.15) is 0 Å². The van der Waals surface area contributed by atoms with Crippen molar-refractivity contribution in [2.45, 2.75) is 39.3 Å². The third kappa shape index (κ3) is 3.81. The minimum Gasteiger partial charge on any atom is -0.377 e. The molecule has 0 aliphatic rings. The van der Waals surface area contributed by atoms with Crippen LogP contribution in [0.15, 0.2) is 42.5 Å². The summed E-state index contributed by atoms with van der Waals surface area (Å²) < 4.78 is 5.91. The highest BCUT2D eigenvalue weighted by molar-refractivity contribution is 5.83. The fourth-order valence-electron chi connectivity index (χ4n) is 2.32. The Bertz CT molecular complexity index is 538. The summed E-state index contributed by atoms with van der Waals surface area (Å²) in [6.07, 6.45) is 1.37. The molecular weight excluding hydrogens is 246 g/mol. The monoisotopic (exact) mass is 271 g/mol. The molecule has 0 heterocycles. The topological polar surface area (TPSA) is 21.3 Å². The Labute approximate surface area is 122 Å². The van der Waals surface area contributed by atoms with Gasteiger partial charge < -0.3 is 10.1 Å². The van der Waals surface area contributed by atoms with E-state index in [9.17, 15) is 0 Å². The maximum absolute atomic E-state index is 5.91. The first-order chi connectivity index (χ1) is 9.74. The van der Waals surface area contributed by atoms with Crippen molar-refractivity contribution >= 4 is 10.8 Å². The lowest BCUT2D eigenvalue weighted by Crippen LogP contribution is -2.27. The average Bonchev–Trinajstić information content (AvgIpc) is 2.50. The molecule has 0 aliphatic carbocycles. The molecule has 2 nitrogen and oxygen atoms in total. The fourth-order valence-corrected chi connectivity index (χ4v) is 2.32. The molecule has 0 aromatic heterocycles. The fraction of sp³-hybridized carbons (Fsp3) is 0.444. The number of fused-ring (bicyclic) bond motifs is 1. The van der Waals surface area contributed by atoms with E-state index < -0.39 is 0 Å². The van der Waals surface area contributed by atoms with Crippen LogP contribution in [0, 0.1) is 0 Å². The summed E-state index contributed by atoms with van der Waals surface area (Å²) in [6, 6.07) is 15.4. The molecular formula is C18H25NO. The van der Waals surface area contributed by atoms with Gasteiger partial charge >= 0.3 is 0 Å². The third-order valence-corrected chi connectivity index (χ3v) is 3.75. The lowest BCUT2D eigenvalue weighted by molar-refractivity contribution is 0.0477. The maximum atomic E-state index is 5.91. The molecule has 0 saturated carbocycles. The van der Waals surface area contributed by atoms with Crippen LogP contribution in [0.2, 0.25) is 0 Å². The second-order valence-electron chi connectivity index (χ2n) is 5.27. The van der Waals surface area contributed by atoms with Crippen molar-refractivity contribution in [1.82, 2.24) is 5.32 Å². The molecule has 0 radical (unpaired) electrons. The predicted octanol–water partition coefficient (Wildman–Crippen LogP) is 4.31. The van der Waals surface area contributed by atoms with Gasteiger partial charge in [0.15, 0.2) is 0 Å². The zero-order valence-electron chi connectivity index (χ0n) is 12.7. The van der Waals surface area contributed by atoms with Crippen molar-refractivity contribution in [1.29, 1.82) is 0 Å². The Balaban J connectivity index is 2.17. The smallest absolute Gasteiger partial charge is 0.0665 e. The van der Waals surface area contributed by atoms with Gasteiger partial charge in [0.2, 0.25) is 0 Å². The van der Waals surface area contributed by atoms with Gasteiger partial charge in [0.25, 0.3) is 0 Å². The molecule has 2 atom stereocenters. The summed E-state index contributed by atoms with van der Waals surface area (Å²) in [5.41, 5.74) is 1.30. The quantitative estimate of drug-likeness (QED) is 0.810. The first kappa shape index (κ1) is 15.0. The lowest BCUT2D eigenvalue weighted by atomic mass is 10.0. The molecule has 20 heavy (non-hydrogen) atoms. The van der Waals surface area contributed by atoms with E-state index in [1.807, 2.05) is 0 Å². The normalized spacial score (nSPS) is 14.3. The summed E-state index contributed by atoms with van der Waals surface area (Å²) in [4.78, 5) is 0. The van der Waals surface area contributed by atoms with Gasteiger partial charge in [-0.2, -0.15) is 0 Å². The highest BCUT2D eigenvalue weighted by Gasteiger charge is 2.12. The third-order valence-electron chi connectivity index (χ3n) is 3.75. The van der Waals surface area contributed by atoms with E-state index in [0.29, 0.717) is 6.10 Å². The van der Waals surface area contributed by atoms with Gasteiger partial charge in [0.05, 0.1) is 18.8 Å². The molecule has 0 saturated heterocycles. The molecule has 2 unspecified atom stereocenters. The molecule has 2 aromatic carbocycles. The molecule has 1 N–H and O–H groups in total. The van der Waals surface area contributed by atoms with Gasteiger partial charge in [-0.15, -0.1) is 0 Å². The minimum atomic E-state index is 0.263. The van der Waals surface area contributed by atoms with E-state index in [1.165, 1.54) is 16.3 Å². The number of nitrogens with one attached hydrogen (secondary N) is 1. The number of benzene rings is 2. The van der Waals surface area contributed by atoms with Gasteiger partial charge in [-0.05, 0) is 42.3 Å². The van der Waals surface area contributed by atoms with Crippen molar-refractivity contribution in [3.63, 3.8) is 0 Å². The Morgan fingerprint density at radius 3 is 2.50 bits per heavy atom. The Kier molecular flexibility index (Phi) is 5.57. The molecule has 0 spiro atoms. The van der Waals surface area contributed by atoms with E-state index >= 15 is 0 Å². The van der Waals surface area contributed by atoms with E-state index in [1.54, 1.807) is 0 Å². The molecule has 2 rings (SSSR count). The number of hydrogen-bond donors (Lipinski definition) is 1. The van der Waals surface area contributed by atoms with E-state index in [-0.39, 0.29) is 6.04 Å². The summed E-state index contributed by atoms with van der Waals surface area (Å²) >= 11 is 0. The van der Waals surface area contributed by atoms with Crippen LogP contribution < -0.4 is 5.32 Å². The molecule has 108 valence electrons. The summed E-state index contributed by atoms with van der Waals surface area (Å²) in [7, 11) is 0. The average molecular weight is 271 g/mol. The number of hydrogen-bond acceptors (Lipinski definition) is 2. The second kappa shape index (κ2) is 7.41. The van der Waals surface area contributed by atoms with Crippen LogP contribution in [0.3, 0.4) is 0 Å². The zero-order chi connectivity index (χ0) is 14.4. The molecule has 0 fully saturated rings. The predicted molar refractivity (Wildman–Crippen MR) is 86.1 cm³/mol. The molecule has 2 aromatic rings. The van der Waals surface area contributed by atoms with Crippen molar-refractivity contribution in [3.8, 4) is 0 Å². The summed E-state index contributed by atoms with van der Waals surface area (Å²) in [6.45, 7) is 8.09. The first-order valence-electron chi connectivity index (χ1n) is 7.58. The van der Waals surface area contributed by atoms with Crippen molar-refractivity contribution in [2.24, 2.45) is 0 Å². The van der Waals surface area contributed by atoms with E-state index in [2.05, 4.69) is 68.6 Å². The number of likely N-dealkylation sites (N-methyl/N-ethyl adjacent to an activating group) is 1. The van der Waals surface area contributed by atoms with Gasteiger partial charge in [-0.3, -0.25) is 0 Å². The van der Waals surface area contributed by atoms with Crippen LogP contribution in [0.1, 0.15) is 38.8 Å². The molecule has 2 heteroatoms. The van der Waals surface area contributed by atoms with Crippen LogP contribution in [0.25, 0.3) is 10.8 Å². The SMILES string of the molecule is CCNC(COC(C)CC)c1ccc2ccccc2c1. The molecule has 0 aliphatic heterocycles. The van der Waals surface area contributed by atoms with Gasteiger partial charge in [-0.25, -0.2) is 0 Å². The summed E-state index contributed by atoms with van der Waals surface area (Å²) in [5, 5.41) is 6.09. The van der Waals surface area contributed by atoms with E-state index in [0.717, 1.165) is 19.6 Å². The number of ether oxygens (including phenoxy) is 1. The largest absolute Gasteiger partial charge is 0.377 e. The van der Waals surface area contributed by atoms with Crippen LogP contribution >= 0.6 is 0 Å². The minimum absolute atomic E-state index is 0.263. The molecule has 0 amide bonds. The Hall–Kier alpha value is -1.38. The van der Waals surface area contributed by atoms with Gasteiger partial charge in [0, 0.05) is 0 Å². The van der Waals surface area contributed by atoms with Crippen molar-refractivity contribution < 1.29 is 4.74 Å². The standard InChI is InChI=1S/C18H25NO/c1-4-14(3)20-13-18(19-5-2)17-11-10-15-8-6-7-9-16(15)12-17/h6-12,14,18-19H,4-5,13H2,1-3H3. The van der Waals surface area contributed by atoms with Crippen LogP contribution in [0.5, 0.6) is 0 Å². The zero-order valence-corrected chi connectivity index (χ0v) is 12.7. The molecule has 0 bridgehead atoms. The van der Waals surface area contributed by atoms with Crippen molar-refractivity contribution in [2.75, 3.05) is 13.2 Å². The van der Waals surface area contributed by atoms with Crippen LogP contribution in [0.4, 0.5) is 0 Å². The Morgan fingerprint density at radius 2 is 1.80 bits per heavy atom. The summed E-state index contributed by atoms with van der Waals surface area (Å²) in [5.74, 6) is 0. The highest BCUT2D eigenvalue weighted by atomic mass is 16.5. The van der Waals surface area contributed by atoms with Crippen LogP contribution in [-0.4, -0.2) is 19.3 Å². The highest BCUT2D eigenvalue weighted by Crippen LogP contribution is 2.21. The first-order valence-corrected chi connectivity index (χ1v) is 7.58. The Morgan fingerprint density at radius 1 is 1.05 bits per heavy atom. The second-order valence-corrected chi connectivity index (χ2v) is 5.27. The van der Waals surface area contributed by atoms with Crippen molar-refractivity contribution in [3.05, 3.63) is 48.0 Å². The lowest BCUT2D eigenvalue weighted by Gasteiger charge is -2.21. The van der Waals surface area contributed by atoms with E-state index in [4.69, 9.17) is 4.74 Å².